The lowest BCUT2D eigenvalue weighted by Crippen LogP contribution is -2.50. The number of ether oxygens (including phenoxy) is 1. The van der Waals surface area contributed by atoms with Gasteiger partial charge in [-0.2, -0.15) is 13.2 Å². The van der Waals surface area contributed by atoms with Gasteiger partial charge in [0, 0.05) is 46.3 Å². The molecule has 1 amide bonds. The van der Waals surface area contributed by atoms with Gasteiger partial charge in [-0.1, -0.05) is 0 Å². The van der Waals surface area contributed by atoms with Crippen molar-refractivity contribution in [3.05, 3.63) is 0 Å². The molecule has 0 radical (unpaired) electrons. The molecule has 0 saturated carbocycles. The molecule has 1 saturated heterocycles. The lowest BCUT2D eigenvalue weighted by Gasteiger charge is -2.35. The highest BCUT2D eigenvalue weighted by atomic mass is 19.4. The summed E-state index contributed by atoms with van der Waals surface area (Å²) in [6.07, 6.45) is -4.52. The molecule has 2 N–H and O–H groups in total. The van der Waals surface area contributed by atoms with E-state index < -0.39 is 18.2 Å². The Balaban J connectivity index is 2.17. The largest absolute Gasteiger partial charge is 0.444 e. The van der Waals surface area contributed by atoms with Gasteiger partial charge in [-0.15, -0.1) is 0 Å². The number of rotatable bonds is 6. The number of aliphatic imine (C=N–C) groups is 1. The smallest absolute Gasteiger partial charge is 0.410 e. The minimum Gasteiger partial charge on any atom is -0.444 e. The van der Waals surface area contributed by atoms with Crippen molar-refractivity contribution in [3.63, 3.8) is 0 Å². The van der Waals surface area contributed by atoms with E-state index >= 15 is 0 Å². The summed E-state index contributed by atoms with van der Waals surface area (Å²) in [7, 11) is 1.53. The van der Waals surface area contributed by atoms with Crippen molar-refractivity contribution in [2.75, 3.05) is 52.9 Å². The zero-order valence-electron chi connectivity index (χ0n) is 16.7. The first-order valence-corrected chi connectivity index (χ1v) is 9.22. The first-order chi connectivity index (χ1) is 12.5. The third kappa shape index (κ3) is 10.9. The zero-order valence-corrected chi connectivity index (χ0v) is 16.7. The van der Waals surface area contributed by atoms with Gasteiger partial charge in [0.25, 0.3) is 0 Å². The van der Waals surface area contributed by atoms with Crippen molar-refractivity contribution in [1.82, 2.24) is 20.4 Å². The lowest BCUT2D eigenvalue weighted by molar-refractivity contribution is -0.132. The number of nitrogens with one attached hydrogen (secondary N) is 2. The molecule has 158 valence electrons. The number of hydrogen-bond acceptors (Lipinski definition) is 4. The maximum Gasteiger partial charge on any atom is 0.410 e. The third-order valence-corrected chi connectivity index (χ3v) is 3.89. The Morgan fingerprint density at radius 3 is 2.19 bits per heavy atom. The number of carbonyl (C=O) groups is 1. The van der Waals surface area contributed by atoms with Crippen LogP contribution in [0.1, 0.15) is 33.6 Å². The monoisotopic (exact) mass is 395 g/mol. The molecule has 0 spiro atoms. The standard InChI is InChI=1S/C17H32F3N5O2/c1-16(2,3)27-15(26)25-12-10-24(11-13-25)9-5-7-22-14(21-4)23-8-6-17(18,19)20/h5-13H2,1-4H3,(H2,21,22,23). The SMILES string of the molecule is CN=C(NCCCN1CCN(C(=O)OC(C)(C)C)CC1)NCCC(F)(F)F. The molecule has 0 atom stereocenters. The summed E-state index contributed by atoms with van der Waals surface area (Å²) in [6.45, 7) is 9.60. The minimum absolute atomic E-state index is 0.199. The summed E-state index contributed by atoms with van der Waals surface area (Å²) >= 11 is 0. The molecule has 10 heteroatoms. The quantitative estimate of drug-likeness (QED) is 0.409. The summed E-state index contributed by atoms with van der Waals surface area (Å²) in [5.74, 6) is 0.369. The van der Waals surface area contributed by atoms with Gasteiger partial charge in [-0.25, -0.2) is 4.79 Å². The van der Waals surface area contributed by atoms with E-state index in [-0.39, 0.29) is 12.6 Å². The third-order valence-electron chi connectivity index (χ3n) is 3.89. The Hall–Kier alpha value is -1.71. The average Bonchev–Trinajstić information content (AvgIpc) is 2.55. The van der Waals surface area contributed by atoms with Crippen LogP contribution in [0.2, 0.25) is 0 Å². The predicted molar refractivity (Wildman–Crippen MR) is 98.9 cm³/mol. The van der Waals surface area contributed by atoms with Crippen LogP contribution in [0.15, 0.2) is 4.99 Å². The van der Waals surface area contributed by atoms with Crippen molar-refractivity contribution >= 4 is 12.1 Å². The van der Waals surface area contributed by atoms with Gasteiger partial charge >= 0.3 is 12.3 Å². The van der Waals surface area contributed by atoms with Gasteiger partial charge in [0.15, 0.2) is 5.96 Å². The van der Waals surface area contributed by atoms with Crippen LogP contribution < -0.4 is 10.6 Å². The summed E-state index contributed by atoms with van der Waals surface area (Å²) < 4.78 is 41.8. The van der Waals surface area contributed by atoms with E-state index in [9.17, 15) is 18.0 Å². The molecule has 1 aliphatic rings. The second kappa shape index (κ2) is 10.6. The molecule has 0 aliphatic carbocycles. The van der Waals surface area contributed by atoms with E-state index in [4.69, 9.17) is 4.74 Å². The summed E-state index contributed by atoms with van der Waals surface area (Å²) in [4.78, 5) is 19.9. The molecule has 0 aromatic carbocycles. The molecule has 0 bridgehead atoms. The van der Waals surface area contributed by atoms with Gasteiger partial charge in [-0.3, -0.25) is 9.89 Å². The zero-order chi connectivity index (χ0) is 20.5. The fraction of sp³-hybridized carbons (Fsp3) is 0.882. The van der Waals surface area contributed by atoms with Gasteiger partial charge in [0.2, 0.25) is 0 Å². The molecule has 0 unspecified atom stereocenters. The second-order valence-corrected chi connectivity index (χ2v) is 7.45. The summed E-state index contributed by atoms with van der Waals surface area (Å²) in [6, 6.07) is 0. The van der Waals surface area contributed by atoms with Gasteiger partial charge in [0.1, 0.15) is 5.60 Å². The fourth-order valence-electron chi connectivity index (χ4n) is 2.53. The van der Waals surface area contributed by atoms with Crippen molar-refractivity contribution in [2.24, 2.45) is 4.99 Å². The molecular formula is C17H32F3N5O2. The maximum atomic E-state index is 12.1. The minimum atomic E-state index is -4.17. The van der Waals surface area contributed by atoms with E-state index in [1.807, 2.05) is 20.8 Å². The highest BCUT2D eigenvalue weighted by molar-refractivity contribution is 5.79. The van der Waals surface area contributed by atoms with Crippen LogP contribution in [0.4, 0.5) is 18.0 Å². The van der Waals surface area contributed by atoms with Gasteiger partial charge in [0.05, 0.1) is 6.42 Å². The van der Waals surface area contributed by atoms with Crippen LogP contribution >= 0.6 is 0 Å². The highest BCUT2D eigenvalue weighted by Crippen LogP contribution is 2.18. The van der Waals surface area contributed by atoms with Crippen LogP contribution in [0.3, 0.4) is 0 Å². The predicted octanol–water partition coefficient (Wildman–Crippen LogP) is 2.05. The highest BCUT2D eigenvalue weighted by Gasteiger charge is 2.27. The average molecular weight is 395 g/mol. The first kappa shape index (κ1) is 23.3. The van der Waals surface area contributed by atoms with Crippen LogP contribution in [0, 0.1) is 0 Å². The van der Waals surface area contributed by atoms with E-state index in [1.54, 1.807) is 4.90 Å². The molecule has 1 heterocycles. The molecule has 7 nitrogen and oxygen atoms in total. The number of halogens is 3. The van der Waals surface area contributed by atoms with Crippen molar-refractivity contribution in [1.29, 1.82) is 0 Å². The second-order valence-electron chi connectivity index (χ2n) is 7.45. The Bertz CT molecular complexity index is 484. The van der Waals surface area contributed by atoms with Crippen LogP contribution in [0.25, 0.3) is 0 Å². The van der Waals surface area contributed by atoms with Crippen LogP contribution in [-0.2, 0) is 4.74 Å². The number of amides is 1. The maximum absolute atomic E-state index is 12.1. The van der Waals surface area contributed by atoms with Crippen molar-refractivity contribution in [3.8, 4) is 0 Å². The van der Waals surface area contributed by atoms with E-state index in [2.05, 4.69) is 20.5 Å². The van der Waals surface area contributed by atoms with Crippen LogP contribution in [0.5, 0.6) is 0 Å². The number of carbonyl (C=O) groups excluding carboxylic acids is 1. The van der Waals surface area contributed by atoms with E-state index in [1.165, 1.54) is 7.05 Å². The fourth-order valence-corrected chi connectivity index (χ4v) is 2.53. The molecule has 27 heavy (non-hydrogen) atoms. The molecule has 1 fully saturated rings. The molecular weight excluding hydrogens is 363 g/mol. The molecule has 0 aromatic heterocycles. The number of piperazine rings is 1. The Labute approximate surface area is 159 Å². The first-order valence-electron chi connectivity index (χ1n) is 9.22. The summed E-state index contributed by atoms with van der Waals surface area (Å²) in [5, 5.41) is 5.66. The van der Waals surface area contributed by atoms with Crippen molar-refractivity contribution < 1.29 is 22.7 Å². The number of nitrogens with zero attached hydrogens (tertiary/aromatic N) is 3. The van der Waals surface area contributed by atoms with Crippen LogP contribution in [-0.4, -0.2) is 86.5 Å². The number of alkyl halides is 3. The topological polar surface area (TPSA) is 69.2 Å². The molecule has 1 aliphatic heterocycles. The van der Waals surface area contributed by atoms with Crippen molar-refractivity contribution in [2.45, 2.75) is 45.4 Å². The summed E-state index contributed by atoms with van der Waals surface area (Å²) in [5.41, 5.74) is -0.493. The molecule has 0 aromatic rings. The van der Waals surface area contributed by atoms with Gasteiger partial charge in [-0.05, 0) is 33.7 Å². The Morgan fingerprint density at radius 1 is 1.07 bits per heavy atom. The Morgan fingerprint density at radius 2 is 1.67 bits per heavy atom. The van der Waals surface area contributed by atoms with Gasteiger partial charge < -0.3 is 20.3 Å². The normalized spacial score (nSPS) is 17.0. The Kier molecular flexibility index (Phi) is 9.14. The molecule has 1 rings (SSSR count). The number of guanidine groups is 1. The number of hydrogen-bond donors (Lipinski definition) is 2. The van der Waals surface area contributed by atoms with E-state index in [0.29, 0.717) is 25.6 Å². The van der Waals surface area contributed by atoms with E-state index in [0.717, 1.165) is 26.1 Å². The lowest BCUT2D eigenvalue weighted by atomic mass is 10.2.